The van der Waals surface area contributed by atoms with E-state index in [1.807, 2.05) is 48.3 Å². The first-order valence-electron chi connectivity index (χ1n) is 14.7. The Hall–Kier alpha value is -4.94. The first kappa shape index (κ1) is 30.1. The largest absolute Gasteiger partial charge is 0.490 e. The molecule has 0 spiro atoms. The number of imidazole rings is 1. The van der Waals surface area contributed by atoms with Crippen molar-refractivity contribution in [3.8, 4) is 11.8 Å². The lowest BCUT2D eigenvalue weighted by molar-refractivity contribution is -0.389. The number of halogens is 3. The van der Waals surface area contributed by atoms with Gasteiger partial charge in [0.25, 0.3) is 0 Å². The molecule has 0 unspecified atom stereocenters. The van der Waals surface area contributed by atoms with Crippen molar-refractivity contribution in [2.45, 2.75) is 31.8 Å². The maximum Gasteiger partial charge on any atom is 0.416 e. The van der Waals surface area contributed by atoms with Gasteiger partial charge in [-0.3, -0.25) is 4.57 Å². The van der Waals surface area contributed by atoms with Gasteiger partial charge in [-0.05, 0) is 71.2 Å². The number of hydrogen-bond acceptors (Lipinski definition) is 8. The smallest absolute Gasteiger partial charge is 0.416 e. The molecule has 3 heterocycles. The Bertz CT molecular complexity index is 1600. The van der Waals surface area contributed by atoms with Crippen LogP contribution in [0.5, 0.6) is 11.8 Å². The lowest BCUT2D eigenvalue weighted by Crippen LogP contribution is -2.46. The van der Waals surface area contributed by atoms with Crippen LogP contribution in [-0.4, -0.2) is 60.4 Å². The molecule has 1 aromatic heterocycles. The second-order valence-corrected chi connectivity index (χ2v) is 11.2. The van der Waals surface area contributed by atoms with Gasteiger partial charge in [0.2, 0.25) is 0 Å². The van der Waals surface area contributed by atoms with Gasteiger partial charge in [-0.25, -0.2) is 0 Å². The second-order valence-electron chi connectivity index (χ2n) is 11.2. The Kier molecular flexibility index (Phi) is 8.42. The van der Waals surface area contributed by atoms with Crippen LogP contribution in [0.4, 0.5) is 36.1 Å². The van der Waals surface area contributed by atoms with Crippen molar-refractivity contribution in [3.05, 3.63) is 100 Å². The van der Waals surface area contributed by atoms with Crippen LogP contribution in [0.25, 0.3) is 0 Å². The molecule has 2 aliphatic rings. The summed E-state index contributed by atoms with van der Waals surface area (Å²) < 4.78 is 51.9. The average Bonchev–Trinajstić information content (AvgIpc) is 3.48. The topological polar surface area (TPSA) is 89.1 Å². The van der Waals surface area contributed by atoms with E-state index in [-0.39, 0.29) is 17.9 Å². The van der Waals surface area contributed by atoms with Crippen LogP contribution in [0.3, 0.4) is 0 Å². The van der Waals surface area contributed by atoms with Gasteiger partial charge in [-0.15, -0.1) is 0 Å². The minimum Gasteiger partial charge on any atom is -0.490 e. The lowest BCUT2D eigenvalue weighted by atomic mass is 10.1. The van der Waals surface area contributed by atoms with Gasteiger partial charge >= 0.3 is 18.0 Å². The third-order valence-corrected chi connectivity index (χ3v) is 8.15. The van der Waals surface area contributed by atoms with Crippen molar-refractivity contribution in [2.75, 3.05) is 54.5 Å². The zero-order valence-electron chi connectivity index (χ0n) is 24.7. The predicted octanol–water partition coefficient (Wildman–Crippen LogP) is 6.00. The number of anilines is 3. The summed E-state index contributed by atoms with van der Waals surface area (Å²) in [6.07, 6.45) is -2.51. The molecule has 3 aromatic carbocycles. The second kappa shape index (κ2) is 12.6. The molecule has 45 heavy (non-hydrogen) atoms. The van der Waals surface area contributed by atoms with E-state index < -0.39 is 16.7 Å². The molecular formula is C32H33F3N6O4. The van der Waals surface area contributed by atoms with Gasteiger partial charge in [-0.1, -0.05) is 12.1 Å². The minimum atomic E-state index is -4.33. The average molecular weight is 623 g/mol. The fourth-order valence-corrected chi connectivity index (χ4v) is 5.58. The molecule has 1 atom stereocenters. The maximum atomic E-state index is 12.8. The Morgan fingerprint density at radius 3 is 2.11 bits per heavy atom. The number of ether oxygens (including phenoxy) is 2. The number of nitrogens with zero attached hydrogens (tertiary/aromatic N) is 6. The van der Waals surface area contributed by atoms with E-state index >= 15 is 0 Å². The van der Waals surface area contributed by atoms with Crippen molar-refractivity contribution >= 4 is 22.9 Å². The number of aryl methyl sites for hydroxylation is 1. The summed E-state index contributed by atoms with van der Waals surface area (Å²) in [4.78, 5) is 21.1. The van der Waals surface area contributed by atoms with Crippen LogP contribution < -0.4 is 24.2 Å². The van der Waals surface area contributed by atoms with Gasteiger partial charge in [0.1, 0.15) is 24.7 Å². The van der Waals surface area contributed by atoms with Gasteiger partial charge in [0, 0.05) is 74.8 Å². The van der Waals surface area contributed by atoms with Gasteiger partial charge in [-0.2, -0.15) is 13.2 Å². The van der Waals surface area contributed by atoms with Crippen LogP contribution in [-0.2, 0) is 19.3 Å². The summed E-state index contributed by atoms with van der Waals surface area (Å²) in [5.74, 6) is 0.505. The maximum absolute atomic E-state index is 12.8. The number of alkyl halides is 3. The molecule has 0 saturated carbocycles. The van der Waals surface area contributed by atoms with Crippen LogP contribution in [0.15, 0.2) is 79.0 Å². The summed E-state index contributed by atoms with van der Waals surface area (Å²) in [5.41, 5.74) is 3.41. The van der Waals surface area contributed by atoms with Crippen molar-refractivity contribution in [3.63, 3.8) is 0 Å². The lowest BCUT2D eigenvalue weighted by Gasteiger charge is -2.37. The van der Waals surface area contributed by atoms with Crippen LogP contribution in [0, 0.1) is 10.1 Å². The van der Waals surface area contributed by atoms with Crippen LogP contribution in [0.2, 0.25) is 0 Å². The molecule has 0 amide bonds. The summed E-state index contributed by atoms with van der Waals surface area (Å²) in [6.45, 7) is 4.88. The SMILES string of the molecule is CN(Cc1ccc(C(F)(F)F)cc1)c1ccc(N2CCN(c3ccc(OC[C@H]4CCn5cc([N+](=O)[O-])nc5O4)cc3)CC2)cc1. The van der Waals surface area contributed by atoms with Crippen molar-refractivity contribution in [2.24, 2.45) is 0 Å². The quantitative estimate of drug-likeness (QED) is 0.166. The molecule has 0 bridgehead atoms. The first-order chi connectivity index (χ1) is 21.6. The number of fused-ring (bicyclic) bond motifs is 1. The molecule has 6 rings (SSSR count). The summed E-state index contributed by atoms with van der Waals surface area (Å²) in [6, 6.07) is 21.8. The molecule has 13 heteroatoms. The van der Waals surface area contributed by atoms with Crippen LogP contribution in [0.1, 0.15) is 17.5 Å². The number of benzene rings is 3. The minimum absolute atomic E-state index is 0.221. The van der Waals surface area contributed by atoms with Gasteiger partial charge < -0.3 is 34.3 Å². The molecular weight excluding hydrogens is 589 g/mol. The summed E-state index contributed by atoms with van der Waals surface area (Å²) in [7, 11) is 1.93. The Morgan fingerprint density at radius 1 is 0.933 bits per heavy atom. The summed E-state index contributed by atoms with van der Waals surface area (Å²) >= 11 is 0. The number of nitro groups is 1. The van der Waals surface area contributed by atoms with Crippen LogP contribution >= 0.6 is 0 Å². The van der Waals surface area contributed by atoms with E-state index in [2.05, 4.69) is 26.9 Å². The Labute approximate surface area is 258 Å². The van der Waals surface area contributed by atoms with Crippen molar-refractivity contribution < 1.29 is 27.6 Å². The van der Waals surface area contributed by atoms with Crippen molar-refractivity contribution in [1.29, 1.82) is 0 Å². The number of hydrogen-bond donors (Lipinski definition) is 0. The zero-order valence-corrected chi connectivity index (χ0v) is 24.7. The molecule has 0 N–H and O–H groups in total. The zero-order chi connectivity index (χ0) is 31.6. The van der Waals surface area contributed by atoms with E-state index in [9.17, 15) is 23.3 Å². The number of aromatic nitrogens is 2. The first-order valence-corrected chi connectivity index (χ1v) is 14.7. The monoisotopic (exact) mass is 622 g/mol. The molecule has 236 valence electrons. The Balaban J connectivity index is 0.957. The molecule has 2 aliphatic heterocycles. The van der Waals surface area contributed by atoms with E-state index in [1.165, 1.54) is 18.3 Å². The highest BCUT2D eigenvalue weighted by molar-refractivity contribution is 5.58. The fourth-order valence-electron chi connectivity index (χ4n) is 5.58. The van der Waals surface area contributed by atoms with E-state index in [0.29, 0.717) is 26.1 Å². The highest BCUT2D eigenvalue weighted by Gasteiger charge is 2.30. The van der Waals surface area contributed by atoms with Gasteiger partial charge in [0.05, 0.1) is 5.56 Å². The number of piperazine rings is 1. The highest BCUT2D eigenvalue weighted by atomic mass is 19.4. The standard InChI is InChI=1S/C32H33F3N6O4/c1-37(20-23-2-4-24(5-3-23)32(33,34)35)25-6-8-26(9-7-25)38-16-18-39(19-17-38)27-10-12-28(13-11-27)44-22-29-14-15-40-21-30(41(42)43)36-31(40)45-29/h2-13,21,29H,14-20,22H2,1H3/t29-/m1/s1. The predicted molar refractivity (Wildman–Crippen MR) is 164 cm³/mol. The van der Waals surface area contributed by atoms with E-state index in [1.54, 1.807) is 4.57 Å². The molecule has 0 radical (unpaired) electrons. The fraction of sp³-hybridized carbons (Fsp3) is 0.344. The Morgan fingerprint density at radius 2 is 1.53 bits per heavy atom. The third kappa shape index (κ3) is 7.08. The molecule has 0 aliphatic carbocycles. The number of rotatable bonds is 9. The molecule has 10 nitrogen and oxygen atoms in total. The summed E-state index contributed by atoms with van der Waals surface area (Å²) in [5, 5.41) is 11.0. The van der Waals surface area contributed by atoms with E-state index in [4.69, 9.17) is 9.47 Å². The van der Waals surface area contributed by atoms with Crippen molar-refractivity contribution in [1.82, 2.24) is 9.55 Å². The van der Waals surface area contributed by atoms with Gasteiger partial charge in [0.15, 0.2) is 0 Å². The normalized spacial score (nSPS) is 16.6. The third-order valence-electron chi connectivity index (χ3n) is 8.15. The molecule has 1 fully saturated rings. The molecule has 4 aromatic rings. The highest BCUT2D eigenvalue weighted by Crippen LogP contribution is 2.30. The molecule has 1 saturated heterocycles. The van der Waals surface area contributed by atoms with E-state index in [0.717, 1.165) is 66.7 Å².